The van der Waals surface area contributed by atoms with E-state index >= 15 is 0 Å². The Bertz CT molecular complexity index is 672. The van der Waals surface area contributed by atoms with Crippen LogP contribution in [0.5, 0.6) is 0 Å². The minimum Gasteiger partial charge on any atom is -0.466 e. The third-order valence-electron chi connectivity index (χ3n) is 8.66. The summed E-state index contributed by atoms with van der Waals surface area (Å²) in [6, 6.07) is 0. The number of allylic oxidation sites excluding steroid dienone is 2. The first-order chi connectivity index (χ1) is 22.1. The van der Waals surface area contributed by atoms with Gasteiger partial charge in [0.05, 0.1) is 19.4 Å². The minimum absolute atomic E-state index is 0.0172. The largest absolute Gasteiger partial charge is 0.466 e. The average Bonchev–Trinajstić information content (AvgIpc) is 3.42. The first kappa shape index (κ1) is 43.4. The number of hydrogen-bond donors (Lipinski definition) is 0. The van der Waals surface area contributed by atoms with E-state index in [4.69, 9.17) is 4.74 Å². The predicted octanol–water partition coefficient (Wildman–Crippen LogP) is 12.7. The molecule has 1 rings (SSSR count). The Morgan fingerprint density at radius 2 is 0.844 bits per heavy atom. The molecule has 264 valence electrons. The predicted molar refractivity (Wildman–Crippen MR) is 190 cm³/mol. The van der Waals surface area contributed by atoms with Crippen LogP contribution in [0.2, 0.25) is 0 Å². The second-order valence-corrected chi connectivity index (χ2v) is 13.2. The average molecular weight is 635 g/mol. The zero-order valence-corrected chi connectivity index (χ0v) is 30.0. The van der Waals surface area contributed by atoms with Crippen LogP contribution in [-0.4, -0.2) is 24.5 Å². The summed E-state index contributed by atoms with van der Waals surface area (Å²) in [5.74, 6) is -0.779. The summed E-state index contributed by atoms with van der Waals surface area (Å²) in [4.78, 5) is 31.9. The van der Waals surface area contributed by atoms with Crippen molar-refractivity contribution in [3.8, 4) is 0 Å². The Balaban J connectivity index is 0.00000241. The van der Waals surface area contributed by atoms with E-state index in [9.17, 15) is 14.4 Å². The van der Waals surface area contributed by atoms with Crippen LogP contribution < -0.4 is 0 Å². The Morgan fingerprint density at radius 3 is 1.20 bits per heavy atom. The van der Waals surface area contributed by atoms with E-state index in [1.165, 1.54) is 167 Å². The summed E-state index contributed by atoms with van der Waals surface area (Å²) in [7, 11) is 0. The van der Waals surface area contributed by atoms with E-state index < -0.39 is 11.9 Å². The van der Waals surface area contributed by atoms with Crippen LogP contribution in [-0.2, 0) is 23.9 Å². The lowest BCUT2D eigenvalue weighted by Gasteiger charge is -2.05. The van der Waals surface area contributed by atoms with Crippen LogP contribution in [0.25, 0.3) is 0 Å². The molecule has 5 heteroatoms. The van der Waals surface area contributed by atoms with Crippen molar-refractivity contribution < 1.29 is 23.9 Å². The van der Waals surface area contributed by atoms with Crippen LogP contribution in [0, 0.1) is 0 Å². The van der Waals surface area contributed by atoms with Gasteiger partial charge in [0.2, 0.25) is 0 Å². The van der Waals surface area contributed by atoms with Crippen LogP contribution in [0.1, 0.15) is 219 Å². The maximum atomic E-state index is 11.9. The maximum Gasteiger partial charge on any atom is 0.314 e. The van der Waals surface area contributed by atoms with E-state index in [1.807, 2.05) is 0 Å². The number of rotatable bonds is 32. The Hall–Kier alpha value is -1.65. The number of ether oxygens (including phenoxy) is 2. The molecule has 0 aliphatic carbocycles. The summed E-state index contributed by atoms with van der Waals surface area (Å²) in [5, 5.41) is 0. The van der Waals surface area contributed by atoms with Crippen LogP contribution in [0.15, 0.2) is 12.2 Å². The molecule has 5 nitrogen and oxygen atoms in total. The van der Waals surface area contributed by atoms with Gasteiger partial charge in [-0.25, -0.2) is 0 Å². The van der Waals surface area contributed by atoms with E-state index in [0.717, 1.165) is 19.3 Å². The molecule has 0 unspecified atom stereocenters. The van der Waals surface area contributed by atoms with E-state index in [1.54, 1.807) is 0 Å². The molecule has 0 bridgehead atoms. The van der Waals surface area contributed by atoms with Crippen molar-refractivity contribution >= 4 is 17.9 Å². The fraction of sp³-hybridized carbons (Fsp3) is 0.875. The molecule has 0 spiro atoms. The first-order valence-corrected chi connectivity index (χ1v) is 19.6. The summed E-state index contributed by atoms with van der Waals surface area (Å²) >= 11 is 0. The van der Waals surface area contributed by atoms with E-state index in [-0.39, 0.29) is 18.8 Å². The molecule has 0 aromatic heterocycles. The molecule has 1 aliphatic heterocycles. The van der Waals surface area contributed by atoms with Crippen molar-refractivity contribution in [2.45, 2.75) is 219 Å². The number of carbonyl (C=O) groups excluding carboxylic acids is 3. The van der Waals surface area contributed by atoms with Crippen molar-refractivity contribution in [1.29, 1.82) is 0 Å². The Morgan fingerprint density at radius 1 is 0.511 bits per heavy atom. The molecule has 45 heavy (non-hydrogen) atoms. The van der Waals surface area contributed by atoms with Crippen molar-refractivity contribution in [3.63, 3.8) is 0 Å². The normalized spacial score (nSPS) is 12.8. The van der Waals surface area contributed by atoms with Gasteiger partial charge in [-0.3, -0.25) is 14.4 Å². The van der Waals surface area contributed by atoms with Gasteiger partial charge in [0.15, 0.2) is 0 Å². The number of hydrogen-bond acceptors (Lipinski definition) is 5. The lowest BCUT2D eigenvalue weighted by molar-refractivity contribution is -0.152. The highest BCUT2D eigenvalue weighted by atomic mass is 16.6. The van der Waals surface area contributed by atoms with Crippen LogP contribution in [0.3, 0.4) is 0 Å². The van der Waals surface area contributed by atoms with Gasteiger partial charge < -0.3 is 9.47 Å². The van der Waals surface area contributed by atoms with Gasteiger partial charge in [0, 0.05) is 6.42 Å². The lowest BCUT2D eigenvalue weighted by Crippen LogP contribution is -2.05. The van der Waals surface area contributed by atoms with Gasteiger partial charge in [-0.05, 0) is 38.5 Å². The highest BCUT2D eigenvalue weighted by molar-refractivity contribution is 5.92. The van der Waals surface area contributed by atoms with Crippen molar-refractivity contribution in [1.82, 2.24) is 0 Å². The number of cyclic esters (lactones) is 2. The summed E-state index contributed by atoms with van der Waals surface area (Å²) in [5.41, 5.74) is 0. The standard InChI is InChI=1S/C36H70O2.C4H4O3/c1-3-5-7-9-11-13-15-17-19-21-23-25-27-29-31-33-35-38-36(37)34-32-30-28-26-24-22-20-18-16-14-12-10-8-6-4-2;5-3-1-2-4(6)7-3/h18,20H,3-17,19,21-35H2,1-2H3;1-2H2/b20-18-;. The van der Waals surface area contributed by atoms with Crippen LogP contribution >= 0.6 is 0 Å². The van der Waals surface area contributed by atoms with Crippen molar-refractivity contribution in [2.24, 2.45) is 0 Å². The molecular weight excluding hydrogens is 560 g/mol. The zero-order chi connectivity index (χ0) is 32.9. The van der Waals surface area contributed by atoms with Crippen molar-refractivity contribution in [2.75, 3.05) is 6.61 Å². The molecule has 0 aromatic rings. The minimum atomic E-state index is -0.398. The maximum absolute atomic E-state index is 11.9. The summed E-state index contributed by atoms with van der Waals surface area (Å²) < 4.78 is 9.52. The van der Waals surface area contributed by atoms with Gasteiger partial charge in [-0.2, -0.15) is 0 Å². The number of unbranched alkanes of at least 4 members (excludes halogenated alkanes) is 26. The van der Waals surface area contributed by atoms with E-state index in [0.29, 0.717) is 13.0 Å². The Kier molecular flexibility index (Phi) is 35.5. The van der Waals surface area contributed by atoms with Crippen LogP contribution in [0.4, 0.5) is 0 Å². The molecule has 1 fully saturated rings. The molecule has 0 radical (unpaired) electrons. The third-order valence-corrected chi connectivity index (χ3v) is 8.66. The molecule has 0 aromatic carbocycles. The molecule has 0 atom stereocenters. The molecule has 1 aliphatic rings. The highest BCUT2D eigenvalue weighted by Gasteiger charge is 2.19. The molecule has 1 heterocycles. The zero-order valence-electron chi connectivity index (χ0n) is 30.0. The third kappa shape index (κ3) is 36.7. The second-order valence-electron chi connectivity index (χ2n) is 13.2. The quantitative estimate of drug-likeness (QED) is 0.0319. The fourth-order valence-corrected chi connectivity index (χ4v) is 5.68. The lowest BCUT2D eigenvalue weighted by atomic mass is 10.0. The summed E-state index contributed by atoms with van der Waals surface area (Å²) in [6.45, 7) is 5.20. The molecule has 0 amide bonds. The highest BCUT2D eigenvalue weighted by Crippen LogP contribution is 2.14. The topological polar surface area (TPSA) is 69.7 Å². The molecule has 0 saturated carbocycles. The molecule has 1 saturated heterocycles. The number of carbonyl (C=O) groups is 3. The monoisotopic (exact) mass is 635 g/mol. The van der Waals surface area contributed by atoms with E-state index in [2.05, 4.69) is 30.7 Å². The smallest absolute Gasteiger partial charge is 0.314 e. The SMILES string of the molecule is CCCCCCCC/C=C\CCCCCCCC(=O)OCCCCCCCCCCCCCCCCCC.O=C1CCC(=O)O1. The molecular formula is C40H74O5. The Labute approximate surface area is 279 Å². The van der Waals surface area contributed by atoms with Gasteiger partial charge in [-0.1, -0.05) is 174 Å². The van der Waals surface area contributed by atoms with Gasteiger partial charge in [0.25, 0.3) is 0 Å². The van der Waals surface area contributed by atoms with Gasteiger partial charge in [-0.15, -0.1) is 0 Å². The number of esters is 3. The van der Waals surface area contributed by atoms with Gasteiger partial charge >= 0.3 is 17.9 Å². The first-order valence-electron chi connectivity index (χ1n) is 19.6. The second kappa shape index (κ2) is 36.8. The summed E-state index contributed by atoms with van der Waals surface area (Å²) in [6.07, 6.45) is 44.6. The molecule has 0 N–H and O–H groups in total. The van der Waals surface area contributed by atoms with Crippen molar-refractivity contribution in [3.05, 3.63) is 12.2 Å². The van der Waals surface area contributed by atoms with Gasteiger partial charge in [0.1, 0.15) is 0 Å². The fourth-order valence-electron chi connectivity index (χ4n) is 5.68.